The van der Waals surface area contributed by atoms with Crippen molar-refractivity contribution in [2.24, 2.45) is 0 Å². The molecule has 0 aliphatic rings. The Labute approximate surface area is 144 Å². The van der Waals surface area contributed by atoms with Gasteiger partial charge in [-0.05, 0) is 36.4 Å². The van der Waals surface area contributed by atoms with E-state index in [-0.39, 0.29) is 11.3 Å². The van der Waals surface area contributed by atoms with Gasteiger partial charge in [0.15, 0.2) is 0 Å². The number of rotatable bonds is 3. The van der Waals surface area contributed by atoms with Gasteiger partial charge in [0.25, 0.3) is 0 Å². The number of benzene rings is 2. The Morgan fingerprint density at radius 1 is 0.840 bits per heavy atom. The molecule has 2 aromatic rings. The lowest BCUT2D eigenvalue weighted by molar-refractivity contribution is 0.0588. The predicted octanol–water partition coefficient (Wildman–Crippen LogP) is 1.82. The van der Waals surface area contributed by atoms with Crippen molar-refractivity contribution in [2.45, 2.75) is 0 Å². The average molecular weight is 348 g/mol. The molecule has 2 aromatic carbocycles. The van der Waals surface area contributed by atoms with Gasteiger partial charge in [-0.2, -0.15) is 0 Å². The van der Waals surface area contributed by atoms with Gasteiger partial charge in [0.2, 0.25) is 0 Å². The smallest absolute Gasteiger partial charge is 0.341 e. The first-order chi connectivity index (χ1) is 11.8. The Kier molecular flexibility index (Phi) is 7.08. The lowest BCUT2D eigenvalue weighted by Crippen LogP contribution is -2.04. The maximum Gasteiger partial charge on any atom is 0.341 e. The molecule has 134 valence electrons. The highest BCUT2D eigenvalue weighted by molar-refractivity contribution is 5.94. The van der Waals surface area contributed by atoms with Crippen molar-refractivity contribution in [2.75, 3.05) is 32.8 Å². The third-order valence-corrected chi connectivity index (χ3v) is 3.05. The molecule has 2 rings (SSSR count). The summed E-state index contributed by atoms with van der Waals surface area (Å²) in [4.78, 5) is 22.1. The minimum Gasteiger partial charge on any atom is -0.507 e. The summed E-state index contributed by atoms with van der Waals surface area (Å²) in [5.41, 5.74) is 12.2. The molecule has 0 fully saturated rings. The molecule has 8 nitrogen and oxygen atoms in total. The van der Waals surface area contributed by atoms with E-state index in [1.807, 2.05) is 0 Å². The summed E-state index contributed by atoms with van der Waals surface area (Å²) < 4.78 is 13.9. The van der Waals surface area contributed by atoms with Crippen LogP contribution in [-0.2, 0) is 9.47 Å². The fourth-order valence-electron chi connectivity index (χ4n) is 1.82. The third kappa shape index (κ3) is 5.31. The lowest BCUT2D eigenvalue weighted by Gasteiger charge is -2.06. The van der Waals surface area contributed by atoms with E-state index < -0.39 is 11.9 Å². The number of phenols is 1. The summed E-state index contributed by atoms with van der Waals surface area (Å²) in [6, 6.07) is 9.02. The second-order valence-electron chi connectivity index (χ2n) is 4.72. The molecule has 25 heavy (non-hydrogen) atoms. The molecule has 0 aliphatic carbocycles. The molecule has 5 N–H and O–H groups in total. The molecule has 0 bridgehead atoms. The van der Waals surface area contributed by atoms with Crippen molar-refractivity contribution in [3.63, 3.8) is 0 Å². The molecule has 0 radical (unpaired) electrons. The van der Waals surface area contributed by atoms with Crippen LogP contribution in [0.1, 0.15) is 20.7 Å². The van der Waals surface area contributed by atoms with E-state index in [0.717, 1.165) is 0 Å². The molecular formula is C17H20N2O6. The quantitative estimate of drug-likeness (QED) is 0.434. The van der Waals surface area contributed by atoms with E-state index in [4.69, 9.17) is 16.2 Å². The predicted molar refractivity (Wildman–Crippen MR) is 92.6 cm³/mol. The number of phenolic OH excluding ortho intramolecular Hbond substituents is 1. The van der Waals surface area contributed by atoms with Crippen LogP contribution in [0.3, 0.4) is 0 Å². The number of aromatic hydroxyl groups is 1. The van der Waals surface area contributed by atoms with Gasteiger partial charge in [0, 0.05) is 11.4 Å². The fraction of sp³-hybridized carbons (Fsp3) is 0.176. The number of hydrogen-bond donors (Lipinski definition) is 3. The van der Waals surface area contributed by atoms with E-state index in [1.165, 1.54) is 45.6 Å². The van der Waals surface area contributed by atoms with Gasteiger partial charge < -0.3 is 30.8 Å². The van der Waals surface area contributed by atoms with Crippen LogP contribution in [0.25, 0.3) is 0 Å². The van der Waals surface area contributed by atoms with E-state index in [0.29, 0.717) is 22.7 Å². The summed E-state index contributed by atoms with van der Waals surface area (Å²) in [5.74, 6) is -0.721. The number of anilines is 2. The van der Waals surface area contributed by atoms with E-state index in [1.54, 1.807) is 12.1 Å². The van der Waals surface area contributed by atoms with Gasteiger partial charge in [0.05, 0.1) is 21.3 Å². The van der Waals surface area contributed by atoms with E-state index >= 15 is 0 Å². The van der Waals surface area contributed by atoms with Crippen LogP contribution in [0.4, 0.5) is 11.4 Å². The molecule has 0 spiro atoms. The molecule has 0 aromatic heterocycles. The highest BCUT2D eigenvalue weighted by Gasteiger charge is 2.12. The monoisotopic (exact) mass is 348 g/mol. The van der Waals surface area contributed by atoms with Crippen LogP contribution in [0, 0.1) is 0 Å². The number of nitrogen functional groups attached to an aromatic ring is 2. The maximum absolute atomic E-state index is 11.2. The summed E-state index contributed by atoms with van der Waals surface area (Å²) >= 11 is 0. The number of carbonyl (C=O) groups is 2. The standard InChI is InChI=1S/C9H11NO3.C8H9NO3/c1-12-8-4-3-6(10)5-7(8)9(11)13-2;1-12-8(11)6-4-5(9)2-3-7(6)10/h3-5H,10H2,1-2H3;2-4,10H,9H2,1H3. The molecule has 0 unspecified atom stereocenters. The summed E-state index contributed by atoms with van der Waals surface area (Å²) in [6.07, 6.45) is 0. The molecule has 0 atom stereocenters. The van der Waals surface area contributed by atoms with Crippen LogP contribution in [0.15, 0.2) is 36.4 Å². The van der Waals surface area contributed by atoms with Crippen LogP contribution in [0.5, 0.6) is 11.5 Å². The van der Waals surface area contributed by atoms with Crippen molar-refractivity contribution in [3.8, 4) is 11.5 Å². The normalized spacial score (nSPS) is 9.40. The van der Waals surface area contributed by atoms with Crippen molar-refractivity contribution in [1.29, 1.82) is 0 Å². The van der Waals surface area contributed by atoms with Crippen LogP contribution >= 0.6 is 0 Å². The fourth-order valence-corrected chi connectivity index (χ4v) is 1.82. The van der Waals surface area contributed by atoms with Crippen LogP contribution < -0.4 is 16.2 Å². The zero-order chi connectivity index (χ0) is 19.0. The molecule has 0 saturated heterocycles. The molecule has 0 aliphatic heterocycles. The van der Waals surface area contributed by atoms with Gasteiger partial charge in [-0.25, -0.2) is 9.59 Å². The molecular weight excluding hydrogens is 328 g/mol. The Hall–Kier alpha value is -3.42. The topological polar surface area (TPSA) is 134 Å². The first-order valence-electron chi connectivity index (χ1n) is 7.02. The number of carbonyl (C=O) groups excluding carboxylic acids is 2. The number of esters is 2. The van der Waals surface area contributed by atoms with Crippen LogP contribution in [-0.4, -0.2) is 38.4 Å². The highest BCUT2D eigenvalue weighted by Crippen LogP contribution is 2.21. The zero-order valence-corrected chi connectivity index (χ0v) is 14.1. The minimum atomic E-state index is -0.597. The molecule has 0 amide bonds. The Morgan fingerprint density at radius 2 is 1.32 bits per heavy atom. The third-order valence-electron chi connectivity index (χ3n) is 3.05. The first kappa shape index (κ1) is 19.6. The Balaban J connectivity index is 0.000000251. The Bertz CT molecular complexity index is 761. The SMILES string of the molecule is COC(=O)c1cc(N)ccc1O.COC(=O)c1cc(N)ccc1OC. The minimum absolute atomic E-state index is 0.0810. The lowest BCUT2D eigenvalue weighted by atomic mass is 10.2. The Morgan fingerprint density at radius 3 is 1.84 bits per heavy atom. The van der Waals surface area contributed by atoms with Gasteiger partial charge in [-0.3, -0.25) is 0 Å². The zero-order valence-electron chi connectivity index (χ0n) is 14.1. The van der Waals surface area contributed by atoms with Gasteiger partial charge >= 0.3 is 11.9 Å². The maximum atomic E-state index is 11.2. The first-order valence-corrected chi connectivity index (χ1v) is 7.02. The van der Waals surface area contributed by atoms with E-state index in [9.17, 15) is 14.7 Å². The summed E-state index contributed by atoms with van der Waals surface area (Å²) in [6.45, 7) is 0. The van der Waals surface area contributed by atoms with Gasteiger partial charge in [-0.15, -0.1) is 0 Å². The van der Waals surface area contributed by atoms with Gasteiger partial charge in [-0.1, -0.05) is 0 Å². The molecule has 8 heteroatoms. The van der Waals surface area contributed by atoms with E-state index in [2.05, 4.69) is 9.47 Å². The largest absolute Gasteiger partial charge is 0.507 e. The number of nitrogens with two attached hydrogens (primary N) is 2. The molecule has 0 heterocycles. The molecule has 0 saturated carbocycles. The second-order valence-corrected chi connectivity index (χ2v) is 4.72. The highest BCUT2D eigenvalue weighted by atomic mass is 16.5. The van der Waals surface area contributed by atoms with Crippen molar-refractivity contribution in [1.82, 2.24) is 0 Å². The van der Waals surface area contributed by atoms with Crippen LogP contribution in [0.2, 0.25) is 0 Å². The summed E-state index contributed by atoms with van der Waals surface area (Å²) in [5, 5.41) is 9.18. The number of methoxy groups -OCH3 is 3. The number of ether oxygens (including phenoxy) is 3. The van der Waals surface area contributed by atoms with Crippen molar-refractivity contribution in [3.05, 3.63) is 47.5 Å². The summed E-state index contributed by atoms with van der Waals surface area (Å²) in [7, 11) is 4.04. The van der Waals surface area contributed by atoms with Gasteiger partial charge in [0.1, 0.15) is 22.6 Å². The van der Waals surface area contributed by atoms with Crippen molar-refractivity contribution < 1.29 is 28.9 Å². The second kappa shape index (κ2) is 9.02. The average Bonchev–Trinajstić information content (AvgIpc) is 2.62. The van der Waals surface area contributed by atoms with Crippen molar-refractivity contribution >= 4 is 23.3 Å². The number of hydrogen-bond acceptors (Lipinski definition) is 8.